The van der Waals surface area contributed by atoms with E-state index in [4.69, 9.17) is 4.74 Å². The number of carbonyl (C=O) groups is 2. The molecule has 3 fully saturated rings. The van der Waals surface area contributed by atoms with Crippen molar-refractivity contribution in [3.63, 3.8) is 0 Å². The van der Waals surface area contributed by atoms with E-state index in [1.54, 1.807) is 0 Å². The van der Waals surface area contributed by atoms with Crippen LogP contribution in [-0.2, 0) is 9.53 Å². The molecule has 2 amide bonds. The van der Waals surface area contributed by atoms with Gasteiger partial charge < -0.3 is 14.5 Å². The van der Waals surface area contributed by atoms with Crippen LogP contribution < -0.4 is 0 Å². The van der Waals surface area contributed by atoms with E-state index in [1.165, 1.54) is 0 Å². The van der Waals surface area contributed by atoms with Crippen LogP contribution in [0.2, 0.25) is 0 Å². The summed E-state index contributed by atoms with van der Waals surface area (Å²) >= 11 is 0. The number of amides is 2. The maximum Gasteiger partial charge on any atom is 0.254 e. The number of benzene rings is 1. The van der Waals surface area contributed by atoms with Gasteiger partial charge in [-0.3, -0.25) is 9.59 Å². The smallest absolute Gasteiger partial charge is 0.254 e. The fourth-order valence-corrected chi connectivity index (χ4v) is 4.43. The molecule has 0 aliphatic carbocycles. The van der Waals surface area contributed by atoms with E-state index >= 15 is 0 Å². The molecule has 5 heteroatoms. The first-order valence-electron chi connectivity index (χ1n) is 9.82. The molecule has 1 atom stereocenters. The van der Waals surface area contributed by atoms with E-state index in [0.717, 1.165) is 49.9 Å². The molecule has 3 saturated heterocycles. The lowest BCUT2D eigenvalue weighted by atomic mass is 9.82. The quantitative estimate of drug-likeness (QED) is 0.837. The summed E-state index contributed by atoms with van der Waals surface area (Å²) in [6.07, 6.45) is 4.92. The Hall–Kier alpha value is -1.88. The van der Waals surface area contributed by atoms with Gasteiger partial charge in [0.15, 0.2) is 0 Å². The lowest BCUT2D eigenvalue weighted by Gasteiger charge is -2.53. The van der Waals surface area contributed by atoms with Gasteiger partial charge in [0.2, 0.25) is 5.91 Å². The second kappa shape index (κ2) is 7.03. The zero-order valence-electron chi connectivity index (χ0n) is 15.6. The highest BCUT2D eigenvalue weighted by atomic mass is 16.5. The van der Waals surface area contributed by atoms with Crippen molar-refractivity contribution >= 4 is 11.8 Å². The fourth-order valence-electron chi connectivity index (χ4n) is 4.43. The number of rotatable bonds is 3. The highest BCUT2D eigenvalue weighted by molar-refractivity contribution is 5.95. The van der Waals surface area contributed by atoms with E-state index in [1.807, 2.05) is 41.0 Å². The van der Waals surface area contributed by atoms with Gasteiger partial charge in [0.25, 0.3) is 5.91 Å². The summed E-state index contributed by atoms with van der Waals surface area (Å²) < 4.78 is 6.20. The maximum absolute atomic E-state index is 12.6. The number of ether oxygens (including phenoxy) is 1. The largest absolute Gasteiger partial charge is 0.371 e. The fraction of sp³-hybridized carbons (Fsp3) is 0.619. The van der Waals surface area contributed by atoms with Crippen molar-refractivity contribution in [2.45, 2.75) is 44.6 Å². The minimum atomic E-state index is -0.151. The average molecular weight is 356 g/mol. The van der Waals surface area contributed by atoms with Crippen LogP contribution in [-0.4, -0.2) is 60.0 Å². The Morgan fingerprint density at radius 3 is 2.85 bits per heavy atom. The molecule has 140 valence electrons. The predicted octanol–water partition coefficient (Wildman–Crippen LogP) is 2.63. The molecule has 0 bridgehead atoms. The summed E-state index contributed by atoms with van der Waals surface area (Å²) in [7, 11) is 0. The van der Waals surface area contributed by atoms with Crippen molar-refractivity contribution in [3.8, 4) is 0 Å². The van der Waals surface area contributed by atoms with Crippen LogP contribution in [0, 0.1) is 12.8 Å². The van der Waals surface area contributed by atoms with Gasteiger partial charge in [-0.1, -0.05) is 17.7 Å². The van der Waals surface area contributed by atoms with Crippen LogP contribution in [0.25, 0.3) is 0 Å². The molecule has 3 aliphatic heterocycles. The van der Waals surface area contributed by atoms with Crippen LogP contribution in [0.5, 0.6) is 0 Å². The molecule has 0 saturated carbocycles. The molecular formula is C21H28N2O3. The molecule has 3 aliphatic rings. The SMILES string of the molecule is Cc1cccc(C(=O)N2CC3(CC[C@H](CN4CCCCC4=O)CO3)C2)c1. The normalized spacial score (nSPS) is 25.3. The second-order valence-corrected chi connectivity index (χ2v) is 8.23. The van der Waals surface area contributed by atoms with Crippen LogP contribution in [0.3, 0.4) is 0 Å². The molecular weight excluding hydrogens is 328 g/mol. The Kier molecular flexibility index (Phi) is 4.74. The first kappa shape index (κ1) is 17.5. The lowest BCUT2D eigenvalue weighted by molar-refractivity contribution is -0.170. The van der Waals surface area contributed by atoms with Gasteiger partial charge in [0.1, 0.15) is 5.60 Å². The van der Waals surface area contributed by atoms with Crippen molar-refractivity contribution in [1.82, 2.24) is 9.80 Å². The third-order valence-corrected chi connectivity index (χ3v) is 6.04. The van der Waals surface area contributed by atoms with Gasteiger partial charge in [-0.15, -0.1) is 0 Å². The number of nitrogens with zero attached hydrogens (tertiary/aromatic N) is 2. The standard InChI is InChI=1S/C21H28N2O3/c1-16-5-4-6-18(11-16)20(25)23-14-21(15-23)9-8-17(13-26-21)12-22-10-3-2-7-19(22)24/h4-6,11,17H,2-3,7-10,12-15H2,1H3/t17-/m1/s1. The molecule has 5 nitrogen and oxygen atoms in total. The molecule has 1 aromatic rings. The van der Waals surface area contributed by atoms with Gasteiger partial charge in [0.05, 0.1) is 19.7 Å². The van der Waals surface area contributed by atoms with E-state index in [0.29, 0.717) is 37.9 Å². The highest BCUT2D eigenvalue weighted by Gasteiger charge is 2.48. The number of hydrogen-bond donors (Lipinski definition) is 0. The third-order valence-electron chi connectivity index (χ3n) is 6.04. The number of likely N-dealkylation sites (tertiary alicyclic amines) is 2. The Bertz CT molecular complexity index is 686. The minimum absolute atomic E-state index is 0.101. The Balaban J connectivity index is 1.27. The van der Waals surface area contributed by atoms with Gasteiger partial charge in [0, 0.05) is 31.0 Å². The number of aryl methyl sites for hydroxylation is 1. The van der Waals surface area contributed by atoms with Crippen LogP contribution >= 0.6 is 0 Å². The Labute approximate surface area is 155 Å². The van der Waals surface area contributed by atoms with E-state index in [-0.39, 0.29) is 11.5 Å². The molecule has 26 heavy (non-hydrogen) atoms. The zero-order chi connectivity index (χ0) is 18.1. The summed E-state index contributed by atoms with van der Waals surface area (Å²) in [5, 5.41) is 0. The molecule has 3 heterocycles. The van der Waals surface area contributed by atoms with Gasteiger partial charge >= 0.3 is 0 Å². The van der Waals surface area contributed by atoms with Crippen molar-refractivity contribution in [3.05, 3.63) is 35.4 Å². The highest BCUT2D eigenvalue weighted by Crippen LogP contribution is 2.37. The second-order valence-electron chi connectivity index (χ2n) is 8.23. The topological polar surface area (TPSA) is 49.9 Å². The van der Waals surface area contributed by atoms with Crippen molar-refractivity contribution in [1.29, 1.82) is 0 Å². The Morgan fingerprint density at radius 1 is 1.31 bits per heavy atom. The van der Waals surface area contributed by atoms with Crippen LogP contribution in [0.1, 0.15) is 48.0 Å². The maximum atomic E-state index is 12.6. The van der Waals surface area contributed by atoms with Crippen molar-refractivity contribution < 1.29 is 14.3 Å². The number of piperidine rings is 1. The van der Waals surface area contributed by atoms with Gasteiger partial charge in [-0.2, -0.15) is 0 Å². The summed E-state index contributed by atoms with van der Waals surface area (Å²) in [6.45, 7) is 5.83. The van der Waals surface area contributed by atoms with E-state index in [2.05, 4.69) is 0 Å². The van der Waals surface area contributed by atoms with Crippen molar-refractivity contribution in [2.75, 3.05) is 32.8 Å². The Morgan fingerprint density at radius 2 is 2.15 bits per heavy atom. The first-order valence-corrected chi connectivity index (χ1v) is 9.82. The lowest BCUT2D eigenvalue weighted by Crippen LogP contribution is -2.66. The summed E-state index contributed by atoms with van der Waals surface area (Å²) in [5.41, 5.74) is 1.72. The molecule has 0 aromatic heterocycles. The van der Waals surface area contributed by atoms with E-state index in [9.17, 15) is 9.59 Å². The van der Waals surface area contributed by atoms with E-state index < -0.39 is 0 Å². The molecule has 0 radical (unpaired) electrons. The average Bonchev–Trinajstić information content (AvgIpc) is 2.62. The summed E-state index contributed by atoms with van der Waals surface area (Å²) in [5.74, 6) is 0.836. The first-order chi connectivity index (χ1) is 12.5. The minimum Gasteiger partial charge on any atom is -0.371 e. The predicted molar refractivity (Wildman–Crippen MR) is 98.9 cm³/mol. The number of carbonyl (C=O) groups excluding carboxylic acids is 2. The summed E-state index contributed by atoms with van der Waals surface area (Å²) in [4.78, 5) is 28.5. The van der Waals surface area contributed by atoms with Crippen molar-refractivity contribution in [2.24, 2.45) is 5.92 Å². The third kappa shape index (κ3) is 3.50. The molecule has 4 rings (SSSR count). The van der Waals surface area contributed by atoms with Crippen LogP contribution in [0.4, 0.5) is 0 Å². The zero-order valence-corrected chi connectivity index (χ0v) is 15.6. The summed E-state index contributed by atoms with van der Waals surface area (Å²) in [6, 6.07) is 7.77. The van der Waals surface area contributed by atoms with Gasteiger partial charge in [-0.05, 0) is 44.7 Å². The molecule has 1 spiro atoms. The molecule has 0 unspecified atom stereocenters. The molecule has 0 N–H and O–H groups in total. The number of hydrogen-bond acceptors (Lipinski definition) is 3. The monoisotopic (exact) mass is 356 g/mol. The van der Waals surface area contributed by atoms with Crippen LogP contribution in [0.15, 0.2) is 24.3 Å². The van der Waals surface area contributed by atoms with Gasteiger partial charge in [-0.25, -0.2) is 0 Å². The molecule has 1 aromatic carbocycles.